The van der Waals surface area contributed by atoms with Crippen molar-refractivity contribution in [2.24, 2.45) is 0 Å². The fourth-order valence-electron chi connectivity index (χ4n) is 2.97. The Morgan fingerprint density at radius 3 is 2.26 bits per heavy atom. The number of benzene rings is 4. The van der Waals surface area contributed by atoms with Gasteiger partial charge in [-0.1, -0.05) is 49.1 Å². The molecule has 90 valence electrons. The van der Waals surface area contributed by atoms with Crippen LogP contribution in [0.2, 0.25) is 0 Å². The minimum atomic E-state index is 0.320. The van der Waals surface area contributed by atoms with Crippen LogP contribution in [0.25, 0.3) is 38.4 Å². The number of phenolic OH excluding ortho intramolecular Hbond substituents is 1. The fraction of sp³-hybridized carbons (Fsp3) is 0. The van der Waals surface area contributed by atoms with E-state index < -0.39 is 0 Å². The van der Waals surface area contributed by atoms with Crippen molar-refractivity contribution < 1.29 is 5.11 Å². The Morgan fingerprint density at radius 1 is 0.842 bits per heavy atom. The number of hydrogen-bond donors (Lipinski definition) is 1. The highest BCUT2D eigenvalue weighted by molar-refractivity contribution is 6.24. The molecular formula is C18H12O. The zero-order chi connectivity index (χ0) is 13.0. The van der Waals surface area contributed by atoms with E-state index in [1.807, 2.05) is 12.1 Å². The van der Waals surface area contributed by atoms with E-state index in [-0.39, 0.29) is 0 Å². The van der Waals surface area contributed by atoms with Crippen LogP contribution in [0.1, 0.15) is 5.56 Å². The molecule has 1 N–H and O–H groups in total. The summed E-state index contributed by atoms with van der Waals surface area (Å²) in [6, 6.07) is 16.6. The molecular weight excluding hydrogens is 232 g/mol. The Balaban J connectivity index is 2.41. The van der Waals surface area contributed by atoms with E-state index in [1.165, 1.54) is 16.2 Å². The lowest BCUT2D eigenvalue weighted by molar-refractivity contribution is 0.480. The maximum Gasteiger partial charge on any atom is 0.130 e. The summed E-state index contributed by atoms with van der Waals surface area (Å²) in [5, 5.41) is 17.2. The number of aromatic hydroxyl groups is 1. The van der Waals surface area contributed by atoms with Crippen molar-refractivity contribution >= 4 is 38.4 Å². The molecule has 4 aromatic rings. The largest absolute Gasteiger partial charge is 0.507 e. The normalized spacial score (nSPS) is 11.6. The lowest BCUT2D eigenvalue weighted by Gasteiger charge is -2.13. The molecule has 0 spiro atoms. The monoisotopic (exact) mass is 244 g/mol. The van der Waals surface area contributed by atoms with Crippen LogP contribution < -0.4 is 0 Å². The Bertz CT molecular complexity index is 919. The number of hydrogen-bond acceptors (Lipinski definition) is 1. The molecule has 4 aromatic carbocycles. The maximum atomic E-state index is 10.4. The quantitative estimate of drug-likeness (QED) is 0.470. The summed E-state index contributed by atoms with van der Waals surface area (Å²) in [6.07, 6.45) is 1.70. The molecule has 0 unspecified atom stereocenters. The van der Waals surface area contributed by atoms with Crippen LogP contribution in [-0.4, -0.2) is 5.11 Å². The van der Waals surface area contributed by atoms with Gasteiger partial charge in [-0.2, -0.15) is 0 Å². The van der Waals surface area contributed by atoms with E-state index in [1.54, 1.807) is 6.08 Å². The first-order valence-corrected chi connectivity index (χ1v) is 6.31. The van der Waals surface area contributed by atoms with Crippen molar-refractivity contribution in [2.75, 3.05) is 0 Å². The van der Waals surface area contributed by atoms with Gasteiger partial charge in [0.2, 0.25) is 0 Å². The average Bonchev–Trinajstić information content (AvgIpc) is 2.46. The van der Waals surface area contributed by atoms with E-state index in [0.29, 0.717) is 5.75 Å². The third-order valence-electron chi connectivity index (χ3n) is 3.87. The molecule has 0 saturated heterocycles. The molecule has 0 atom stereocenters. The summed E-state index contributed by atoms with van der Waals surface area (Å²) >= 11 is 0. The van der Waals surface area contributed by atoms with Gasteiger partial charge in [0.15, 0.2) is 0 Å². The van der Waals surface area contributed by atoms with Crippen LogP contribution in [0.4, 0.5) is 0 Å². The van der Waals surface area contributed by atoms with Gasteiger partial charge in [0.1, 0.15) is 5.75 Å². The van der Waals surface area contributed by atoms with Crippen molar-refractivity contribution in [2.45, 2.75) is 0 Å². The first-order valence-electron chi connectivity index (χ1n) is 6.31. The van der Waals surface area contributed by atoms with Gasteiger partial charge in [0.05, 0.1) is 0 Å². The SMILES string of the molecule is C=Cc1cc2ccc3cccc4ccc(c1O)c2c34. The van der Waals surface area contributed by atoms with Crippen LogP contribution >= 0.6 is 0 Å². The summed E-state index contributed by atoms with van der Waals surface area (Å²) in [7, 11) is 0. The minimum Gasteiger partial charge on any atom is -0.507 e. The van der Waals surface area contributed by atoms with Crippen molar-refractivity contribution in [1.29, 1.82) is 0 Å². The fourth-order valence-corrected chi connectivity index (χ4v) is 2.97. The van der Waals surface area contributed by atoms with E-state index in [0.717, 1.165) is 21.7 Å². The summed E-state index contributed by atoms with van der Waals surface area (Å²) in [4.78, 5) is 0. The van der Waals surface area contributed by atoms with Crippen LogP contribution in [0, 0.1) is 0 Å². The summed E-state index contributed by atoms with van der Waals surface area (Å²) in [5.41, 5.74) is 0.783. The van der Waals surface area contributed by atoms with Gasteiger partial charge in [-0.15, -0.1) is 0 Å². The molecule has 0 aliphatic heterocycles. The first-order chi connectivity index (χ1) is 9.29. The maximum absolute atomic E-state index is 10.4. The molecule has 0 radical (unpaired) electrons. The van der Waals surface area contributed by atoms with E-state index in [4.69, 9.17) is 0 Å². The molecule has 0 saturated carbocycles. The predicted molar refractivity (Wildman–Crippen MR) is 81.9 cm³/mol. The molecule has 0 aromatic heterocycles. The third-order valence-corrected chi connectivity index (χ3v) is 3.87. The molecule has 0 amide bonds. The van der Waals surface area contributed by atoms with E-state index >= 15 is 0 Å². The van der Waals surface area contributed by atoms with Gasteiger partial charge in [0.25, 0.3) is 0 Å². The van der Waals surface area contributed by atoms with Gasteiger partial charge in [-0.25, -0.2) is 0 Å². The van der Waals surface area contributed by atoms with Crippen LogP contribution in [0.15, 0.2) is 55.1 Å². The Morgan fingerprint density at radius 2 is 1.53 bits per heavy atom. The molecule has 0 bridgehead atoms. The Hall–Kier alpha value is -2.54. The van der Waals surface area contributed by atoms with Gasteiger partial charge in [0, 0.05) is 16.3 Å². The lowest BCUT2D eigenvalue weighted by Crippen LogP contribution is -1.86. The summed E-state index contributed by atoms with van der Waals surface area (Å²) in [6.45, 7) is 3.77. The van der Waals surface area contributed by atoms with Gasteiger partial charge < -0.3 is 5.11 Å². The van der Waals surface area contributed by atoms with Gasteiger partial charge in [-0.05, 0) is 33.7 Å². The van der Waals surface area contributed by atoms with Crippen molar-refractivity contribution in [3.63, 3.8) is 0 Å². The van der Waals surface area contributed by atoms with Crippen molar-refractivity contribution in [3.8, 4) is 5.75 Å². The van der Waals surface area contributed by atoms with Crippen molar-refractivity contribution in [3.05, 3.63) is 60.7 Å². The zero-order valence-electron chi connectivity index (χ0n) is 10.4. The summed E-state index contributed by atoms with van der Waals surface area (Å²) in [5.74, 6) is 0.320. The highest BCUT2D eigenvalue weighted by atomic mass is 16.3. The Kier molecular flexibility index (Phi) is 1.91. The van der Waals surface area contributed by atoms with E-state index in [9.17, 15) is 5.11 Å². The number of phenols is 1. The van der Waals surface area contributed by atoms with Crippen LogP contribution in [-0.2, 0) is 0 Å². The molecule has 0 fully saturated rings. The van der Waals surface area contributed by atoms with Crippen LogP contribution in [0.5, 0.6) is 5.75 Å². The van der Waals surface area contributed by atoms with E-state index in [2.05, 4.69) is 43.0 Å². The zero-order valence-corrected chi connectivity index (χ0v) is 10.4. The van der Waals surface area contributed by atoms with Gasteiger partial charge >= 0.3 is 0 Å². The van der Waals surface area contributed by atoms with Gasteiger partial charge in [-0.3, -0.25) is 0 Å². The standard InChI is InChI=1S/C18H12O/c1-2-11-10-14-7-6-12-4-3-5-13-8-9-15(18(11)19)17(14)16(12)13/h2-10,19H,1H2. The molecule has 1 nitrogen and oxygen atoms in total. The average molecular weight is 244 g/mol. The molecule has 0 aliphatic rings. The second-order valence-corrected chi connectivity index (χ2v) is 4.87. The molecule has 0 aliphatic carbocycles. The third kappa shape index (κ3) is 1.24. The predicted octanol–water partition coefficient (Wildman–Crippen LogP) is 4.93. The Labute approximate surface area is 110 Å². The topological polar surface area (TPSA) is 20.2 Å². The highest BCUT2D eigenvalue weighted by Gasteiger charge is 2.12. The lowest BCUT2D eigenvalue weighted by atomic mass is 9.92. The van der Waals surface area contributed by atoms with Crippen LogP contribution in [0.3, 0.4) is 0 Å². The minimum absolute atomic E-state index is 0.320. The first kappa shape index (κ1) is 10.4. The second kappa shape index (κ2) is 3.48. The molecule has 0 heterocycles. The highest BCUT2D eigenvalue weighted by Crippen LogP contribution is 2.40. The number of rotatable bonds is 1. The second-order valence-electron chi connectivity index (χ2n) is 4.87. The van der Waals surface area contributed by atoms with Crippen molar-refractivity contribution in [1.82, 2.24) is 0 Å². The molecule has 19 heavy (non-hydrogen) atoms. The molecule has 1 heteroatoms. The molecule has 4 rings (SSSR count). The smallest absolute Gasteiger partial charge is 0.130 e. The summed E-state index contributed by atoms with van der Waals surface area (Å²) < 4.78 is 0.